The second-order valence-electron chi connectivity index (χ2n) is 6.70. The quantitative estimate of drug-likeness (QED) is 0.186. The minimum absolute atomic E-state index is 0.0335. The summed E-state index contributed by atoms with van der Waals surface area (Å²) in [6, 6.07) is 9.42. The van der Waals surface area contributed by atoms with Crippen LogP contribution in [-0.2, 0) is 14.3 Å². The van der Waals surface area contributed by atoms with Crippen LogP contribution in [0.15, 0.2) is 54.1 Å². The van der Waals surface area contributed by atoms with E-state index in [2.05, 4.69) is 0 Å². The molecule has 8 nitrogen and oxygen atoms in total. The number of hydrogen-bond acceptors (Lipinski definition) is 6. The van der Waals surface area contributed by atoms with Crippen LogP contribution in [0.2, 0.25) is 0 Å². The Morgan fingerprint density at radius 1 is 1.23 bits per heavy atom. The number of amides is 1. The summed E-state index contributed by atoms with van der Waals surface area (Å²) in [5, 5.41) is 21.9. The number of rotatable bonds is 7. The van der Waals surface area contributed by atoms with Crippen LogP contribution in [0.5, 0.6) is 0 Å². The van der Waals surface area contributed by atoms with E-state index < -0.39 is 34.2 Å². The number of hydrogen-bond donors (Lipinski definition) is 1. The fourth-order valence-electron chi connectivity index (χ4n) is 3.40. The highest BCUT2D eigenvalue weighted by Crippen LogP contribution is 2.39. The van der Waals surface area contributed by atoms with E-state index in [1.165, 1.54) is 54.5 Å². The lowest BCUT2D eigenvalue weighted by atomic mass is 9.95. The van der Waals surface area contributed by atoms with Gasteiger partial charge in [-0.25, -0.2) is 4.39 Å². The van der Waals surface area contributed by atoms with E-state index in [1.807, 2.05) is 0 Å². The molecule has 30 heavy (non-hydrogen) atoms. The number of carbonyl (C=O) groups excluding carboxylic acids is 2. The Morgan fingerprint density at radius 3 is 2.57 bits per heavy atom. The van der Waals surface area contributed by atoms with Crippen LogP contribution in [0, 0.1) is 15.9 Å². The molecule has 0 aromatic heterocycles. The highest BCUT2D eigenvalue weighted by atomic mass is 19.1. The highest BCUT2D eigenvalue weighted by Gasteiger charge is 2.45. The first-order chi connectivity index (χ1) is 14.3. The van der Waals surface area contributed by atoms with Gasteiger partial charge in [-0.15, -0.1) is 0 Å². The van der Waals surface area contributed by atoms with Crippen molar-refractivity contribution < 1.29 is 28.7 Å². The minimum atomic E-state index is -0.957. The number of nitrogens with zero attached hydrogens (tertiary/aromatic N) is 2. The summed E-state index contributed by atoms with van der Waals surface area (Å²) in [6.07, 6.45) is 0.443. The summed E-state index contributed by atoms with van der Waals surface area (Å²) in [5.74, 6) is -2.74. The van der Waals surface area contributed by atoms with E-state index in [1.54, 1.807) is 0 Å². The molecular weight excluding hydrogens is 395 g/mol. The van der Waals surface area contributed by atoms with E-state index in [0.717, 1.165) is 6.07 Å². The summed E-state index contributed by atoms with van der Waals surface area (Å²) in [6.45, 7) is 0.524. The van der Waals surface area contributed by atoms with Gasteiger partial charge >= 0.3 is 0 Å². The number of benzene rings is 2. The highest BCUT2D eigenvalue weighted by molar-refractivity contribution is 6.46. The number of halogens is 1. The molecule has 2 aromatic rings. The second-order valence-corrected chi connectivity index (χ2v) is 6.70. The molecule has 1 fully saturated rings. The molecule has 3 rings (SSSR count). The van der Waals surface area contributed by atoms with Crippen molar-refractivity contribution >= 4 is 23.1 Å². The van der Waals surface area contributed by atoms with Crippen molar-refractivity contribution in [2.45, 2.75) is 12.5 Å². The molecule has 0 saturated carbocycles. The van der Waals surface area contributed by atoms with Crippen molar-refractivity contribution in [3.8, 4) is 0 Å². The number of non-ortho nitro benzene ring substituents is 1. The van der Waals surface area contributed by atoms with Crippen LogP contribution in [0.1, 0.15) is 23.6 Å². The molecule has 1 aliphatic heterocycles. The molecule has 1 unspecified atom stereocenters. The van der Waals surface area contributed by atoms with Crippen molar-refractivity contribution in [2.75, 3.05) is 20.3 Å². The number of nitro groups is 1. The molecule has 1 heterocycles. The Bertz CT molecular complexity index is 1020. The lowest BCUT2D eigenvalue weighted by molar-refractivity contribution is -0.384. The fourth-order valence-corrected chi connectivity index (χ4v) is 3.40. The number of ether oxygens (including phenoxy) is 1. The lowest BCUT2D eigenvalue weighted by Gasteiger charge is -2.25. The molecule has 1 amide bonds. The third-order valence-corrected chi connectivity index (χ3v) is 4.80. The van der Waals surface area contributed by atoms with Crippen molar-refractivity contribution in [3.05, 3.63) is 81.2 Å². The zero-order valence-electron chi connectivity index (χ0n) is 16.1. The molecule has 2 aromatic carbocycles. The molecule has 1 saturated heterocycles. The Hall–Kier alpha value is -3.59. The van der Waals surface area contributed by atoms with Crippen LogP contribution < -0.4 is 0 Å². The van der Waals surface area contributed by atoms with Gasteiger partial charge in [0.15, 0.2) is 0 Å². The van der Waals surface area contributed by atoms with Gasteiger partial charge < -0.3 is 14.7 Å². The number of likely N-dealkylation sites (tertiary alicyclic amines) is 1. The smallest absolute Gasteiger partial charge is 0.295 e. The topological polar surface area (TPSA) is 110 Å². The first kappa shape index (κ1) is 21.1. The van der Waals surface area contributed by atoms with Crippen LogP contribution in [0.25, 0.3) is 5.76 Å². The van der Waals surface area contributed by atoms with E-state index in [0.29, 0.717) is 18.6 Å². The maximum Gasteiger partial charge on any atom is 0.295 e. The second kappa shape index (κ2) is 8.83. The molecule has 0 radical (unpaired) electrons. The third-order valence-electron chi connectivity index (χ3n) is 4.80. The number of aliphatic hydroxyl groups is 1. The van der Waals surface area contributed by atoms with Gasteiger partial charge in [0, 0.05) is 38.0 Å². The van der Waals surface area contributed by atoms with Crippen molar-refractivity contribution in [1.82, 2.24) is 4.90 Å². The molecule has 1 N–H and O–H groups in total. The standard InChI is InChI=1S/C21H19FN2O6/c1-30-11-3-10-23-18(13-6-8-15(22)9-7-13)17(20(26)21(23)27)19(25)14-4-2-5-16(12-14)24(28)29/h2,4-9,12,18,25H,3,10-11H2,1H3/b19-17-. The molecule has 0 bridgehead atoms. The fraction of sp³-hybridized carbons (Fsp3) is 0.238. The predicted molar refractivity (Wildman–Crippen MR) is 105 cm³/mol. The van der Waals surface area contributed by atoms with Crippen molar-refractivity contribution in [1.29, 1.82) is 0 Å². The molecule has 1 aliphatic rings. The SMILES string of the molecule is COCCCN1C(=O)C(=O)/C(=C(\O)c2cccc([N+](=O)[O-])c2)C1c1ccc(F)cc1. The lowest BCUT2D eigenvalue weighted by Crippen LogP contribution is -2.31. The predicted octanol–water partition coefficient (Wildman–Crippen LogP) is 3.19. The van der Waals surface area contributed by atoms with Gasteiger partial charge in [-0.05, 0) is 24.1 Å². The average molecular weight is 414 g/mol. The maximum absolute atomic E-state index is 13.4. The third kappa shape index (κ3) is 4.06. The number of carbonyl (C=O) groups is 2. The number of nitro benzene ring substituents is 1. The minimum Gasteiger partial charge on any atom is -0.507 e. The van der Waals surface area contributed by atoms with Gasteiger partial charge in [-0.1, -0.05) is 24.3 Å². The first-order valence-electron chi connectivity index (χ1n) is 9.12. The van der Waals surface area contributed by atoms with Gasteiger partial charge in [0.25, 0.3) is 17.4 Å². The van der Waals surface area contributed by atoms with Crippen LogP contribution in [0.4, 0.5) is 10.1 Å². The van der Waals surface area contributed by atoms with E-state index in [4.69, 9.17) is 4.74 Å². The van der Waals surface area contributed by atoms with Crippen LogP contribution in [-0.4, -0.2) is 46.9 Å². The van der Waals surface area contributed by atoms with Gasteiger partial charge in [0.2, 0.25) is 0 Å². The Morgan fingerprint density at radius 2 is 1.93 bits per heavy atom. The Kier molecular flexibility index (Phi) is 6.22. The van der Waals surface area contributed by atoms with E-state index in [-0.39, 0.29) is 23.4 Å². The zero-order valence-corrected chi connectivity index (χ0v) is 16.1. The van der Waals surface area contributed by atoms with Crippen molar-refractivity contribution in [3.63, 3.8) is 0 Å². The normalized spacial score (nSPS) is 18.1. The summed E-state index contributed by atoms with van der Waals surface area (Å²) in [5.41, 5.74) is -0.0116. The first-order valence-corrected chi connectivity index (χ1v) is 9.12. The summed E-state index contributed by atoms with van der Waals surface area (Å²) in [7, 11) is 1.51. The number of methoxy groups -OCH3 is 1. The monoisotopic (exact) mass is 414 g/mol. The summed E-state index contributed by atoms with van der Waals surface area (Å²) >= 11 is 0. The average Bonchev–Trinajstić information content (AvgIpc) is 2.99. The van der Waals surface area contributed by atoms with E-state index in [9.17, 15) is 29.2 Å². The molecule has 1 atom stereocenters. The number of Topliss-reactive ketones (excluding diaryl/α,β-unsaturated/α-hetero) is 1. The van der Waals surface area contributed by atoms with Gasteiger partial charge in [0.05, 0.1) is 16.5 Å². The summed E-state index contributed by atoms with van der Waals surface area (Å²) < 4.78 is 18.4. The van der Waals surface area contributed by atoms with E-state index >= 15 is 0 Å². The number of aliphatic hydroxyl groups excluding tert-OH is 1. The Labute approximate surface area is 171 Å². The van der Waals surface area contributed by atoms with Gasteiger partial charge in [0.1, 0.15) is 11.6 Å². The molecule has 0 spiro atoms. The number of ketones is 1. The van der Waals surface area contributed by atoms with Crippen LogP contribution >= 0.6 is 0 Å². The van der Waals surface area contributed by atoms with Gasteiger partial charge in [-0.3, -0.25) is 19.7 Å². The zero-order chi connectivity index (χ0) is 21.8. The molecular formula is C21H19FN2O6. The Balaban J connectivity index is 2.13. The van der Waals surface area contributed by atoms with Crippen molar-refractivity contribution in [2.24, 2.45) is 0 Å². The molecule has 0 aliphatic carbocycles. The molecule has 9 heteroatoms. The van der Waals surface area contributed by atoms with Crippen LogP contribution in [0.3, 0.4) is 0 Å². The van der Waals surface area contributed by atoms with Gasteiger partial charge in [-0.2, -0.15) is 0 Å². The largest absolute Gasteiger partial charge is 0.507 e. The summed E-state index contributed by atoms with van der Waals surface area (Å²) in [4.78, 5) is 37.2. The molecule has 156 valence electrons. The maximum atomic E-state index is 13.4.